The first-order valence-corrected chi connectivity index (χ1v) is 6.00. The van der Waals surface area contributed by atoms with Gasteiger partial charge in [0.2, 0.25) is 0 Å². The molecular formula is C13H12O3S. The third-order valence-corrected chi connectivity index (χ3v) is 3.41. The Morgan fingerprint density at radius 3 is 2.65 bits per heavy atom. The van der Waals surface area contributed by atoms with Gasteiger partial charge < -0.3 is 9.84 Å². The normalized spacial score (nSPS) is 10.2. The van der Waals surface area contributed by atoms with Crippen LogP contribution < -0.4 is 4.74 Å². The van der Waals surface area contributed by atoms with Crippen molar-refractivity contribution in [2.75, 3.05) is 7.11 Å². The van der Waals surface area contributed by atoms with Crippen LogP contribution in [0.2, 0.25) is 0 Å². The maximum Gasteiger partial charge on any atom is 0.307 e. The van der Waals surface area contributed by atoms with Crippen molar-refractivity contribution in [1.82, 2.24) is 0 Å². The number of aliphatic carboxylic acids is 1. The highest BCUT2D eigenvalue weighted by Crippen LogP contribution is 2.28. The van der Waals surface area contributed by atoms with Crippen LogP contribution in [0.25, 0.3) is 10.4 Å². The van der Waals surface area contributed by atoms with Gasteiger partial charge in [-0.15, -0.1) is 11.3 Å². The third kappa shape index (κ3) is 2.85. The molecule has 0 aliphatic heterocycles. The summed E-state index contributed by atoms with van der Waals surface area (Å²) in [6.07, 6.45) is 0.0760. The summed E-state index contributed by atoms with van der Waals surface area (Å²) in [6, 6.07) is 9.64. The van der Waals surface area contributed by atoms with Crippen LogP contribution in [0.1, 0.15) is 5.56 Å². The Morgan fingerprint density at radius 2 is 2.06 bits per heavy atom. The van der Waals surface area contributed by atoms with Crippen molar-refractivity contribution >= 4 is 17.3 Å². The Kier molecular flexibility index (Phi) is 3.44. The van der Waals surface area contributed by atoms with Gasteiger partial charge in [-0.1, -0.05) is 0 Å². The van der Waals surface area contributed by atoms with Gasteiger partial charge in [0.15, 0.2) is 0 Å². The van der Waals surface area contributed by atoms with Gasteiger partial charge in [0.1, 0.15) is 5.75 Å². The maximum atomic E-state index is 10.6. The highest BCUT2D eigenvalue weighted by atomic mass is 32.1. The number of carboxylic acid groups (broad SMARTS) is 1. The average molecular weight is 248 g/mol. The molecule has 2 aromatic rings. The molecule has 2 rings (SSSR count). The number of thiophene rings is 1. The van der Waals surface area contributed by atoms with Crippen molar-refractivity contribution in [3.63, 3.8) is 0 Å². The highest BCUT2D eigenvalue weighted by Gasteiger charge is 2.06. The minimum Gasteiger partial charge on any atom is -0.497 e. The van der Waals surface area contributed by atoms with E-state index < -0.39 is 5.97 Å². The minimum absolute atomic E-state index is 0.0760. The molecule has 0 aliphatic carbocycles. The zero-order chi connectivity index (χ0) is 12.3. The summed E-state index contributed by atoms with van der Waals surface area (Å²) in [5.41, 5.74) is 1.92. The van der Waals surface area contributed by atoms with E-state index in [0.717, 1.165) is 21.8 Å². The molecule has 1 aromatic heterocycles. The molecule has 0 atom stereocenters. The van der Waals surface area contributed by atoms with Crippen LogP contribution in [-0.2, 0) is 11.2 Å². The number of benzene rings is 1. The molecule has 1 heterocycles. The topological polar surface area (TPSA) is 46.5 Å². The quantitative estimate of drug-likeness (QED) is 0.904. The monoisotopic (exact) mass is 248 g/mol. The standard InChI is InChI=1S/C13H12O3S/c1-16-11-4-2-10(3-5-11)12-6-9(8-17-12)7-13(14)15/h2-6,8H,7H2,1H3,(H,14,15). The van der Waals surface area contributed by atoms with Gasteiger partial charge in [0.25, 0.3) is 0 Å². The second-order valence-corrected chi connectivity index (χ2v) is 4.53. The van der Waals surface area contributed by atoms with E-state index in [1.807, 2.05) is 35.7 Å². The van der Waals surface area contributed by atoms with Crippen LogP contribution in [0.4, 0.5) is 0 Å². The second kappa shape index (κ2) is 5.01. The van der Waals surface area contributed by atoms with Crippen LogP contribution in [-0.4, -0.2) is 18.2 Å². The van der Waals surface area contributed by atoms with Gasteiger partial charge >= 0.3 is 5.97 Å². The number of hydrogen-bond donors (Lipinski definition) is 1. The van der Waals surface area contributed by atoms with Gasteiger partial charge in [-0.2, -0.15) is 0 Å². The fraction of sp³-hybridized carbons (Fsp3) is 0.154. The molecule has 0 spiro atoms. The van der Waals surface area contributed by atoms with E-state index in [4.69, 9.17) is 9.84 Å². The molecule has 0 saturated carbocycles. The van der Waals surface area contributed by atoms with Gasteiger partial charge in [0.05, 0.1) is 13.5 Å². The lowest BCUT2D eigenvalue weighted by Gasteiger charge is -2.00. The third-order valence-electron chi connectivity index (χ3n) is 2.38. The largest absolute Gasteiger partial charge is 0.497 e. The van der Waals surface area contributed by atoms with E-state index in [0.29, 0.717) is 0 Å². The number of carbonyl (C=O) groups is 1. The minimum atomic E-state index is -0.802. The van der Waals surface area contributed by atoms with Crippen LogP contribution in [0.15, 0.2) is 35.7 Å². The molecule has 0 fully saturated rings. The molecule has 0 bridgehead atoms. The van der Waals surface area contributed by atoms with E-state index >= 15 is 0 Å². The first-order chi connectivity index (χ1) is 8.19. The number of rotatable bonds is 4. The first kappa shape index (κ1) is 11.7. The Balaban J connectivity index is 2.21. The summed E-state index contributed by atoms with van der Waals surface area (Å²) in [5, 5.41) is 10.6. The van der Waals surface area contributed by atoms with Crippen LogP contribution in [0, 0.1) is 0 Å². The molecule has 3 nitrogen and oxygen atoms in total. The smallest absolute Gasteiger partial charge is 0.307 e. The van der Waals surface area contributed by atoms with Crippen LogP contribution in [0.5, 0.6) is 5.75 Å². The Labute approximate surface area is 103 Å². The molecule has 4 heteroatoms. The predicted molar refractivity (Wildman–Crippen MR) is 67.6 cm³/mol. The number of methoxy groups -OCH3 is 1. The Morgan fingerprint density at radius 1 is 1.35 bits per heavy atom. The molecular weight excluding hydrogens is 236 g/mol. The zero-order valence-electron chi connectivity index (χ0n) is 9.34. The van der Waals surface area contributed by atoms with Crippen LogP contribution in [0.3, 0.4) is 0 Å². The molecule has 0 amide bonds. The van der Waals surface area contributed by atoms with Crippen molar-refractivity contribution in [2.24, 2.45) is 0 Å². The first-order valence-electron chi connectivity index (χ1n) is 5.12. The Bertz CT molecular complexity index is 514. The van der Waals surface area contributed by atoms with Gasteiger partial charge in [-0.05, 0) is 46.8 Å². The van der Waals surface area contributed by atoms with Crippen molar-refractivity contribution in [2.45, 2.75) is 6.42 Å². The second-order valence-electron chi connectivity index (χ2n) is 3.62. The summed E-state index contributed by atoms with van der Waals surface area (Å²) >= 11 is 1.55. The number of carboxylic acids is 1. The SMILES string of the molecule is COc1ccc(-c2cc(CC(=O)O)cs2)cc1. The number of hydrogen-bond acceptors (Lipinski definition) is 3. The summed E-state index contributed by atoms with van der Waals surface area (Å²) in [7, 11) is 1.63. The highest BCUT2D eigenvalue weighted by molar-refractivity contribution is 7.13. The number of ether oxygens (including phenoxy) is 1. The molecule has 0 unspecified atom stereocenters. The van der Waals surface area contributed by atoms with Crippen molar-refractivity contribution in [1.29, 1.82) is 0 Å². The van der Waals surface area contributed by atoms with E-state index in [1.165, 1.54) is 0 Å². The fourth-order valence-corrected chi connectivity index (χ4v) is 2.47. The summed E-state index contributed by atoms with van der Waals surface area (Å²) in [5.74, 6) is 0.0140. The summed E-state index contributed by atoms with van der Waals surface area (Å²) < 4.78 is 5.09. The molecule has 0 aliphatic rings. The molecule has 88 valence electrons. The van der Waals surface area contributed by atoms with E-state index in [1.54, 1.807) is 18.4 Å². The molecule has 17 heavy (non-hydrogen) atoms. The van der Waals surface area contributed by atoms with E-state index in [-0.39, 0.29) is 6.42 Å². The van der Waals surface area contributed by atoms with Crippen molar-refractivity contribution in [3.05, 3.63) is 41.3 Å². The molecule has 0 saturated heterocycles. The predicted octanol–water partition coefficient (Wildman–Crippen LogP) is 3.05. The Hall–Kier alpha value is -1.81. The van der Waals surface area contributed by atoms with Crippen LogP contribution >= 0.6 is 11.3 Å². The van der Waals surface area contributed by atoms with Crippen molar-refractivity contribution in [3.8, 4) is 16.2 Å². The van der Waals surface area contributed by atoms with Gasteiger partial charge in [-0.3, -0.25) is 4.79 Å². The van der Waals surface area contributed by atoms with Gasteiger partial charge in [0, 0.05) is 4.88 Å². The summed E-state index contributed by atoms with van der Waals surface area (Å²) in [4.78, 5) is 11.7. The lowest BCUT2D eigenvalue weighted by atomic mass is 10.1. The van der Waals surface area contributed by atoms with E-state index in [9.17, 15) is 4.79 Å². The van der Waals surface area contributed by atoms with Crippen molar-refractivity contribution < 1.29 is 14.6 Å². The van der Waals surface area contributed by atoms with Gasteiger partial charge in [-0.25, -0.2) is 0 Å². The molecule has 1 N–H and O–H groups in total. The molecule has 0 radical (unpaired) electrons. The lowest BCUT2D eigenvalue weighted by Crippen LogP contribution is -1.97. The fourth-order valence-electron chi connectivity index (χ4n) is 1.55. The molecule has 1 aromatic carbocycles. The lowest BCUT2D eigenvalue weighted by molar-refractivity contribution is -0.136. The maximum absolute atomic E-state index is 10.6. The summed E-state index contributed by atoms with van der Waals surface area (Å²) in [6.45, 7) is 0. The van der Waals surface area contributed by atoms with E-state index in [2.05, 4.69) is 0 Å². The average Bonchev–Trinajstić information content (AvgIpc) is 2.77. The zero-order valence-corrected chi connectivity index (χ0v) is 10.2.